The quantitative estimate of drug-likeness (QED) is 0.780. The maximum atomic E-state index is 11.5. The van der Waals surface area contributed by atoms with Gasteiger partial charge in [-0.05, 0) is 38.5 Å². The molecule has 1 aromatic carbocycles. The number of rotatable bonds is 4. The molecular weight excluding hydrogens is 260 g/mol. The average molecular weight is 280 g/mol. The van der Waals surface area contributed by atoms with Gasteiger partial charge in [-0.25, -0.2) is 4.79 Å². The van der Waals surface area contributed by atoms with E-state index in [0.717, 1.165) is 5.56 Å². The van der Waals surface area contributed by atoms with Crippen molar-refractivity contribution in [2.24, 2.45) is 0 Å². The number of hydrogen-bond donors (Lipinski definition) is 3. The lowest BCUT2D eigenvalue weighted by Crippen LogP contribution is -2.39. The van der Waals surface area contributed by atoms with Gasteiger partial charge in [0.1, 0.15) is 17.9 Å². The molecule has 0 unspecified atom stereocenters. The Morgan fingerprint density at radius 3 is 2.55 bits per heavy atom. The lowest BCUT2D eigenvalue weighted by Gasteiger charge is -2.19. The van der Waals surface area contributed by atoms with E-state index < -0.39 is 11.7 Å². The van der Waals surface area contributed by atoms with Crippen molar-refractivity contribution in [2.45, 2.75) is 32.9 Å². The second-order valence-electron chi connectivity index (χ2n) is 5.30. The maximum absolute atomic E-state index is 11.5. The summed E-state index contributed by atoms with van der Waals surface area (Å²) < 4.78 is 5.00. The minimum Gasteiger partial charge on any atom is -0.508 e. The lowest BCUT2D eigenvalue weighted by molar-refractivity contribution is -0.120. The summed E-state index contributed by atoms with van der Waals surface area (Å²) in [6, 6.07) is 6.58. The molecule has 0 bridgehead atoms. The molecule has 0 aliphatic rings. The third-order valence-corrected chi connectivity index (χ3v) is 2.19. The van der Waals surface area contributed by atoms with Crippen LogP contribution in [0.5, 0.6) is 5.75 Å². The van der Waals surface area contributed by atoms with Crippen LogP contribution in [0.15, 0.2) is 24.3 Å². The van der Waals surface area contributed by atoms with Gasteiger partial charge in [0.2, 0.25) is 5.91 Å². The summed E-state index contributed by atoms with van der Waals surface area (Å²) in [5.41, 5.74) is 0.179. The first-order valence-corrected chi connectivity index (χ1v) is 6.28. The molecule has 0 saturated carbocycles. The highest BCUT2D eigenvalue weighted by molar-refractivity contribution is 5.82. The van der Waals surface area contributed by atoms with Gasteiger partial charge in [0, 0.05) is 6.54 Å². The van der Waals surface area contributed by atoms with Gasteiger partial charge in [0.05, 0.1) is 0 Å². The summed E-state index contributed by atoms with van der Waals surface area (Å²) in [6.45, 7) is 5.36. The molecule has 1 rings (SSSR count). The second kappa shape index (κ2) is 6.79. The van der Waals surface area contributed by atoms with E-state index in [1.54, 1.807) is 45.0 Å². The molecule has 0 heterocycles. The zero-order valence-electron chi connectivity index (χ0n) is 11.9. The van der Waals surface area contributed by atoms with E-state index in [9.17, 15) is 14.7 Å². The fourth-order valence-corrected chi connectivity index (χ4v) is 1.40. The third-order valence-electron chi connectivity index (χ3n) is 2.19. The van der Waals surface area contributed by atoms with Crippen LogP contribution in [0.2, 0.25) is 0 Å². The number of amides is 2. The standard InChI is InChI=1S/C14H20N2O4/c1-14(2,3)20-13(19)16-9-12(18)15-8-10-5-4-6-11(17)7-10/h4-7,17H,8-9H2,1-3H3,(H,15,18)(H,16,19). The van der Waals surface area contributed by atoms with Crippen molar-refractivity contribution in [3.8, 4) is 5.75 Å². The van der Waals surface area contributed by atoms with E-state index >= 15 is 0 Å². The Morgan fingerprint density at radius 1 is 1.25 bits per heavy atom. The first-order chi connectivity index (χ1) is 9.26. The van der Waals surface area contributed by atoms with Crippen LogP contribution in [-0.4, -0.2) is 29.3 Å². The first kappa shape index (κ1) is 15.8. The van der Waals surface area contributed by atoms with Gasteiger partial charge in [-0.2, -0.15) is 0 Å². The topological polar surface area (TPSA) is 87.7 Å². The minimum atomic E-state index is -0.634. The summed E-state index contributed by atoms with van der Waals surface area (Å²) in [4.78, 5) is 22.9. The Morgan fingerprint density at radius 2 is 1.95 bits per heavy atom. The van der Waals surface area contributed by atoms with E-state index in [-0.39, 0.29) is 24.7 Å². The fraction of sp³-hybridized carbons (Fsp3) is 0.429. The number of carbonyl (C=O) groups excluding carboxylic acids is 2. The van der Waals surface area contributed by atoms with Crippen LogP contribution in [0.4, 0.5) is 4.79 Å². The molecule has 1 aromatic rings. The van der Waals surface area contributed by atoms with Crippen molar-refractivity contribution in [3.63, 3.8) is 0 Å². The van der Waals surface area contributed by atoms with Crippen molar-refractivity contribution in [3.05, 3.63) is 29.8 Å². The van der Waals surface area contributed by atoms with Gasteiger partial charge in [0.25, 0.3) is 0 Å². The van der Waals surface area contributed by atoms with E-state index in [2.05, 4.69) is 10.6 Å². The van der Waals surface area contributed by atoms with Crippen molar-refractivity contribution < 1.29 is 19.4 Å². The zero-order valence-corrected chi connectivity index (χ0v) is 11.9. The molecule has 6 heteroatoms. The summed E-state index contributed by atoms with van der Waals surface area (Å²) >= 11 is 0. The maximum Gasteiger partial charge on any atom is 0.408 e. The molecule has 0 saturated heterocycles. The van der Waals surface area contributed by atoms with Crippen LogP contribution in [0, 0.1) is 0 Å². The van der Waals surface area contributed by atoms with Gasteiger partial charge < -0.3 is 20.5 Å². The zero-order chi connectivity index (χ0) is 15.2. The highest BCUT2D eigenvalue weighted by Gasteiger charge is 2.16. The normalized spacial score (nSPS) is 10.8. The molecule has 0 fully saturated rings. The molecule has 2 amide bonds. The van der Waals surface area contributed by atoms with E-state index in [4.69, 9.17) is 4.74 Å². The average Bonchev–Trinajstić information content (AvgIpc) is 2.32. The van der Waals surface area contributed by atoms with Crippen LogP contribution in [-0.2, 0) is 16.1 Å². The predicted molar refractivity (Wildman–Crippen MR) is 74.2 cm³/mol. The highest BCUT2D eigenvalue weighted by atomic mass is 16.6. The molecule has 0 spiro atoms. The van der Waals surface area contributed by atoms with E-state index in [0.29, 0.717) is 0 Å². The molecule has 0 atom stereocenters. The number of aromatic hydroxyl groups is 1. The smallest absolute Gasteiger partial charge is 0.408 e. The van der Waals surface area contributed by atoms with E-state index in [1.807, 2.05) is 0 Å². The van der Waals surface area contributed by atoms with Crippen LogP contribution >= 0.6 is 0 Å². The van der Waals surface area contributed by atoms with Gasteiger partial charge in [-0.15, -0.1) is 0 Å². The summed E-state index contributed by atoms with van der Waals surface area (Å²) in [7, 11) is 0. The SMILES string of the molecule is CC(C)(C)OC(=O)NCC(=O)NCc1cccc(O)c1. The molecule has 0 aromatic heterocycles. The van der Waals surface area contributed by atoms with Crippen LogP contribution in [0.1, 0.15) is 26.3 Å². The molecular formula is C14H20N2O4. The Bertz CT molecular complexity index is 480. The van der Waals surface area contributed by atoms with Gasteiger partial charge in [0.15, 0.2) is 0 Å². The second-order valence-corrected chi connectivity index (χ2v) is 5.30. The molecule has 20 heavy (non-hydrogen) atoms. The number of hydrogen-bond acceptors (Lipinski definition) is 4. The van der Waals surface area contributed by atoms with Crippen molar-refractivity contribution in [1.29, 1.82) is 0 Å². The number of phenolic OH excluding ortho intramolecular Hbond substituents is 1. The van der Waals surface area contributed by atoms with Crippen molar-refractivity contribution in [1.82, 2.24) is 10.6 Å². The Labute approximate surface area is 118 Å². The van der Waals surface area contributed by atoms with Crippen molar-refractivity contribution in [2.75, 3.05) is 6.54 Å². The third kappa shape index (κ3) is 6.63. The van der Waals surface area contributed by atoms with Crippen LogP contribution in [0.25, 0.3) is 0 Å². The first-order valence-electron chi connectivity index (χ1n) is 6.28. The highest BCUT2D eigenvalue weighted by Crippen LogP contribution is 2.10. The monoisotopic (exact) mass is 280 g/mol. The summed E-state index contributed by atoms with van der Waals surface area (Å²) in [6.07, 6.45) is -0.634. The Balaban J connectivity index is 2.29. The van der Waals surface area contributed by atoms with Gasteiger partial charge in [-0.3, -0.25) is 4.79 Å². The number of benzene rings is 1. The largest absolute Gasteiger partial charge is 0.508 e. The van der Waals surface area contributed by atoms with Gasteiger partial charge in [-0.1, -0.05) is 12.1 Å². The number of phenols is 1. The Hall–Kier alpha value is -2.24. The molecule has 3 N–H and O–H groups in total. The van der Waals surface area contributed by atoms with Crippen molar-refractivity contribution >= 4 is 12.0 Å². The number of nitrogens with one attached hydrogen (secondary N) is 2. The summed E-state index contributed by atoms with van der Waals surface area (Å²) in [5, 5.41) is 14.3. The number of carbonyl (C=O) groups is 2. The minimum absolute atomic E-state index is 0.142. The van der Waals surface area contributed by atoms with Gasteiger partial charge >= 0.3 is 6.09 Å². The molecule has 0 aliphatic heterocycles. The molecule has 6 nitrogen and oxygen atoms in total. The van der Waals surface area contributed by atoms with E-state index in [1.165, 1.54) is 0 Å². The summed E-state index contributed by atoms with van der Waals surface area (Å²) in [5.74, 6) is -0.192. The van der Waals surface area contributed by atoms with Crippen LogP contribution < -0.4 is 10.6 Å². The fourth-order valence-electron chi connectivity index (χ4n) is 1.40. The lowest BCUT2D eigenvalue weighted by atomic mass is 10.2. The Kier molecular flexibility index (Phi) is 5.37. The molecule has 0 aliphatic carbocycles. The number of alkyl carbamates (subject to hydrolysis) is 1. The number of ether oxygens (including phenoxy) is 1. The van der Waals surface area contributed by atoms with Crippen LogP contribution in [0.3, 0.4) is 0 Å². The molecule has 110 valence electrons. The molecule has 0 radical (unpaired) electrons. The predicted octanol–water partition coefficient (Wildman–Crippen LogP) is 1.53.